The van der Waals surface area contributed by atoms with Crippen LogP contribution in [0.25, 0.3) is 0 Å². The summed E-state index contributed by atoms with van der Waals surface area (Å²) in [5.74, 6) is -0.130. The minimum absolute atomic E-state index is 0.130. The molecule has 108 valence electrons. The van der Waals surface area contributed by atoms with Crippen LogP contribution in [0, 0.1) is 0 Å². The summed E-state index contributed by atoms with van der Waals surface area (Å²) >= 11 is 0. The molecule has 0 aromatic carbocycles. The summed E-state index contributed by atoms with van der Waals surface area (Å²) in [6, 6.07) is 0. The lowest BCUT2D eigenvalue weighted by molar-refractivity contribution is 0.481. The zero-order valence-electron chi connectivity index (χ0n) is 11.6. The molecule has 0 fully saturated rings. The highest BCUT2D eigenvalue weighted by Gasteiger charge is 2.01. The molecular formula is C14H28O3S. The fraction of sp³-hybridized carbons (Fsp3) is 0.857. The smallest absolute Gasteiger partial charge is 0.264 e. The van der Waals surface area contributed by atoms with E-state index in [1.54, 1.807) is 0 Å². The molecule has 0 saturated carbocycles. The standard InChI is InChI=1S/C14H28O3S/c1-2-3-4-5-6-7-8-9-10-11-12-13-14-18(15,16)17/h10-11H,2-9,12-14H2,1H3,(H,15,16,17). The fourth-order valence-corrected chi connectivity index (χ4v) is 2.37. The Hall–Kier alpha value is -0.350. The van der Waals surface area contributed by atoms with Gasteiger partial charge in [-0.25, -0.2) is 0 Å². The lowest BCUT2D eigenvalue weighted by atomic mass is 10.1. The van der Waals surface area contributed by atoms with Gasteiger partial charge < -0.3 is 0 Å². The second-order valence-corrected chi connectivity index (χ2v) is 6.38. The molecule has 0 heterocycles. The van der Waals surface area contributed by atoms with Crippen molar-refractivity contribution in [3.05, 3.63) is 12.2 Å². The number of allylic oxidation sites excluding steroid dienone is 2. The van der Waals surface area contributed by atoms with Crippen LogP contribution in [-0.4, -0.2) is 18.7 Å². The average molecular weight is 276 g/mol. The second kappa shape index (κ2) is 11.7. The van der Waals surface area contributed by atoms with Gasteiger partial charge in [-0.15, -0.1) is 0 Å². The van der Waals surface area contributed by atoms with E-state index in [2.05, 4.69) is 13.0 Å². The quantitative estimate of drug-likeness (QED) is 0.327. The Bertz CT molecular complexity index is 294. The molecular weight excluding hydrogens is 248 g/mol. The molecule has 0 radical (unpaired) electrons. The lowest BCUT2D eigenvalue weighted by Crippen LogP contribution is -2.02. The molecule has 4 heteroatoms. The van der Waals surface area contributed by atoms with Crippen molar-refractivity contribution in [3.8, 4) is 0 Å². The van der Waals surface area contributed by atoms with E-state index in [9.17, 15) is 8.42 Å². The topological polar surface area (TPSA) is 54.4 Å². The molecule has 3 nitrogen and oxygen atoms in total. The summed E-state index contributed by atoms with van der Waals surface area (Å²) < 4.78 is 29.4. The molecule has 0 amide bonds. The van der Waals surface area contributed by atoms with Gasteiger partial charge in [-0.2, -0.15) is 8.42 Å². The molecule has 0 unspecified atom stereocenters. The van der Waals surface area contributed by atoms with Crippen molar-refractivity contribution in [2.75, 3.05) is 5.75 Å². The molecule has 0 atom stereocenters. The van der Waals surface area contributed by atoms with Crippen molar-refractivity contribution >= 4 is 10.1 Å². The molecule has 0 saturated heterocycles. The van der Waals surface area contributed by atoms with Gasteiger partial charge >= 0.3 is 0 Å². The van der Waals surface area contributed by atoms with Crippen LogP contribution in [0.4, 0.5) is 0 Å². The first-order valence-electron chi connectivity index (χ1n) is 7.16. The molecule has 0 rings (SSSR count). The highest BCUT2D eigenvalue weighted by Crippen LogP contribution is 2.08. The van der Waals surface area contributed by atoms with E-state index in [1.165, 1.54) is 44.9 Å². The minimum Gasteiger partial charge on any atom is -0.286 e. The van der Waals surface area contributed by atoms with Crippen molar-refractivity contribution in [3.63, 3.8) is 0 Å². The Morgan fingerprint density at radius 2 is 1.33 bits per heavy atom. The first-order valence-corrected chi connectivity index (χ1v) is 8.77. The third-order valence-corrected chi connectivity index (χ3v) is 3.72. The largest absolute Gasteiger partial charge is 0.286 e. The Labute approximate surface area is 112 Å². The van der Waals surface area contributed by atoms with Crippen molar-refractivity contribution < 1.29 is 13.0 Å². The molecule has 0 spiro atoms. The van der Waals surface area contributed by atoms with Crippen LogP contribution in [0.5, 0.6) is 0 Å². The van der Waals surface area contributed by atoms with E-state index < -0.39 is 10.1 Å². The second-order valence-electron chi connectivity index (χ2n) is 4.81. The maximum atomic E-state index is 10.4. The van der Waals surface area contributed by atoms with Crippen LogP contribution in [0.3, 0.4) is 0 Å². The van der Waals surface area contributed by atoms with E-state index in [0.29, 0.717) is 6.42 Å². The maximum Gasteiger partial charge on any atom is 0.264 e. The summed E-state index contributed by atoms with van der Waals surface area (Å²) in [6.45, 7) is 2.23. The third-order valence-electron chi connectivity index (χ3n) is 2.91. The van der Waals surface area contributed by atoms with Crippen LogP contribution in [0.2, 0.25) is 0 Å². The molecule has 0 bridgehead atoms. The highest BCUT2D eigenvalue weighted by atomic mass is 32.2. The molecule has 0 aliphatic rings. The van der Waals surface area contributed by atoms with Gasteiger partial charge in [0.05, 0.1) is 5.75 Å². The lowest BCUT2D eigenvalue weighted by Gasteiger charge is -1.98. The zero-order valence-corrected chi connectivity index (χ0v) is 12.4. The van der Waals surface area contributed by atoms with E-state index in [-0.39, 0.29) is 5.75 Å². The van der Waals surface area contributed by atoms with E-state index in [4.69, 9.17) is 4.55 Å². The predicted octanol–water partition coefficient (Wildman–Crippen LogP) is 4.35. The summed E-state index contributed by atoms with van der Waals surface area (Å²) in [4.78, 5) is 0. The van der Waals surface area contributed by atoms with Gasteiger partial charge in [0.2, 0.25) is 0 Å². The average Bonchev–Trinajstić information content (AvgIpc) is 2.29. The Kier molecular flexibility index (Phi) is 11.5. The van der Waals surface area contributed by atoms with Crippen LogP contribution >= 0.6 is 0 Å². The minimum atomic E-state index is -3.77. The summed E-state index contributed by atoms with van der Waals surface area (Å²) in [5, 5.41) is 0. The number of hydrogen-bond acceptors (Lipinski definition) is 2. The van der Waals surface area contributed by atoms with Crippen molar-refractivity contribution in [1.82, 2.24) is 0 Å². The van der Waals surface area contributed by atoms with Gasteiger partial charge in [0.1, 0.15) is 0 Å². The van der Waals surface area contributed by atoms with Gasteiger partial charge in [-0.1, -0.05) is 57.6 Å². The van der Waals surface area contributed by atoms with Gasteiger partial charge in [-0.05, 0) is 25.7 Å². The Morgan fingerprint density at radius 3 is 1.89 bits per heavy atom. The number of hydrogen-bond donors (Lipinski definition) is 1. The molecule has 0 aromatic heterocycles. The highest BCUT2D eigenvalue weighted by molar-refractivity contribution is 7.85. The van der Waals surface area contributed by atoms with Crippen LogP contribution < -0.4 is 0 Å². The Balaban J connectivity index is 3.19. The molecule has 18 heavy (non-hydrogen) atoms. The van der Waals surface area contributed by atoms with Gasteiger partial charge in [0.15, 0.2) is 0 Å². The maximum absolute atomic E-state index is 10.4. The van der Waals surface area contributed by atoms with Crippen molar-refractivity contribution in [2.24, 2.45) is 0 Å². The molecule has 0 aliphatic carbocycles. The molecule has 0 aliphatic heterocycles. The van der Waals surface area contributed by atoms with Crippen LogP contribution in [-0.2, 0) is 10.1 Å². The first-order chi connectivity index (χ1) is 8.56. The summed E-state index contributed by atoms with van der Waals surface area (Å²) in [6.07, 6.45) is 15.7. The van der Waals surface area contributed by atoms with E-state index in [1.807, 2.05) is 6.08 Å². The summed E-state index contributed by atoms with van der Waals surface area (Å²) in [5.41, 5.74) is 0. The van der Waals surface area contributed by atoms with Crippen molar-refractivity contribution in [1.29, 1.82) is 0 Å². The fourth-order valence-electron chi connectivity index (χ4n) is 1.84. The molecule has 0 aromatic rings. The summed E-state index contributed by atoms with van der Waals surface area (Å²) in [7, 11) is -3.77. The first kappa shape index (κ1) is 17.6. The normalized spacial score (nSPS) is 12.3. The van der Waals surface area contributed by atoms with E-state index in [0.717, 1.165) is 12.8 Å². The number of rotatable bonds is 12. The Morgan fingerprint density at radius 1 is 0.833 bits per heavy atom. The molecule has 1 N–H and O–H groups in total. The number of unbranched alkanes of at least 4 members (excludes halogenated alkanes) is 8. The van der Waals surface area contributed by atoms with Crippen molar-refractivity contribution in [2.45, 2.75) is 71.1 Å². The van der Waals surface area contributed by atoms with Gasteiger partial charge in [-0.3, -0.25) is 4.55 Å². The predicted molar refractivity (Wildman–Crippen MR) is 77.4 cm³/mol. The van der Waals surface area contributed by atoms with Gasteiger partial charge in [0.25, 0.3) is 10.1 Å². The SMILES string of the molecule is CCCCCCCCCC=CCCCS(=O)(=O)O. The monoisotopic (exact) mass is 276 g/mol. The van der Waals surface area contributed by atoms with Crippen LogP contribution in [0.15, 0.2) is 12.2 Å². The zero-order chi connectivity index (χ0) is 13.7. The van der Waals surface area contributed by atoms with Crippen LogP contribution in [0.1, 0.15) is 71.1 Å². The van der Waals surface area contributed by atoms with Gasteiger partial charge in [0, 0.05) is 0 Å². The van der Waals surface area contributed by atoms with E-state index >= 15 is 0 Å². The third kappa shape index (κ3) is 15.6.